The molecule has 350 valence electrons. The largest absolute Gasteiger partial charge is 0.464 e. The third-order valence-electron chi connectivity index (χ3n) is 14.0. The van der Waals surface area contributed by atoms with Gasteiger partial charge < -0.3 is 14.4 Å². The average Bonchev–Trinajstić information content (AvgIpc) is 3.70. The summed E-state index contributed by atoms with van der Waals surface area (Å²) in [5.41, 5.74) is 6.63. The van der Waals surface area contributed by atoms with Crippen molar-refractivity contribution in [2.24, 2.45) is 0 Å². The van der Waals surface area contributed by atoms with Crippen LogP contribution in [0.4, 0.5) is 11.4 Å². The molecule has 10 rings (SSSR count). The molecule has 0 saturated carbocycles. The van der Waals surface area contributed by atoms with Gasteiger partial charge in [0, 0.05) is 74.1 Å². The van der Waals surface area contributed by atoms with Crippen molar-refractivity contribution in [3.8, 4) is 0 Å². The summed E-state index contributed by atoms with van der Waals surface area (Å²) in [7, 11) is 0. The van der Waals surface area contributed by atoms with Crippen molar-refractivity contribution in [3.63, 3.8) is 0 Å². The first kappa shape index (κ1) is 45.5. The minimum absolute atomic E-state index is 0.0333. The van der Waals surface area contributed by atoms with E-state index in [-0.39, 0.29) is 57.6 Å². The Balaban J connectivity index is 0.802. The van der Waals surface area contributed by atoms with Gasteiger partial charge in [-0.2, -0.15) is 4.58 Å². The van der Waals surface area contributed by atoms with Gasteiger partial charge in [0.05, 0.1) is 18.6 Å². The Kier molecular flexibility index (Phi) is 11.7. The van der Waals surface area contributed by atoms with E-state index in [0.717, 1.165) is 49.6 Å². The average molecular weight is 932 g/mol. The van der Waals surface area contributed by atoms with Gasteiger partial charge in [-0.1, -0.05) is 117 Å². The zero-order chi connectivity index (χ0) is 48.9. The number of para-hydroxylation sites is 2. The van der Waals surface area contributed by atoms with E-state index < -0.39 is 34.6 Å². The van der Waals surface area contributed by atoms with E-state index in [9.17, 15) is 28.8 Å². The second kappa shape index (κ2) is 18.0. The number of nitrogens with zero attached hydrogens (tertiary/aromatic N) is 4. The molecule has 12 heteroatoms. The summed E-state index contributed by atoms with van der Waals surface area (Å²) >= 11 is 0. The number of fused-ring (bicyclic) bond motifs is 2. The summed E-state index contributed by atoms with van der Waals surface area (Å²) in [5.74, 6) is -2.48. The lowest BCUT2D eigenvalue weighted by molar-refractivity contribution is -0.428. The Morgan fingerprint density at radius 1 is 0.543 bits per heavy atom. The molecule has 0 fully saturated rings. The van der Waals surface area contributed by atoms with E-state index in [2.05, 4.69) is 39.8 Å². The molecule has 70 heavy (non-hydrogen) atoms. The lowest BCUT2D eigenvalue weighted by atomic mass is 9.81. The molecule has 0 bridgehead atoms. The van der Waals surface area contributed by atoms with Crippen molar-refractivity contribution in [1.82, 2.24) is 9.80 Å². The van der Waals surface area contributed by atoms with Crippen molar-refractivity contribution >= 4 is 74.2 Å². The molecule has 0 radical (unpaired) electrons. The van der Waals surface area contributed by atoms with Gasteiger partial charge in [0.25, 0.3) is 23.6 Å². The highest BCUT2D eigenvalue weighted by Crippen LogP contribution is 2.47. The number of carbonyl (C=O) groups excluding carboxylic acids is 6. The van der Waals surface area contributed by atoms with Crippen LogP contribution >= 0.6 is 0 Å². The first-order valence-corrected chi connectivity index (χ1v) is 23.5. The summed E-state index contributed by atoms with van der Waals surface area (Å²) in [5, 5.41) is 2.97. The van der Waals surface area contributed by atoms with Crippen LogP contribution < -0.4 is 4.90 Å². The molecule has 0 spiro atoms. The third kappa shape index (κ3) is 7.79. The SMILES string of the molecule is CC1(C)C(/C=C/C=C/C=C2/N(CC(=O)OCCCN3C(=O)c4cccc5cccc(c45)C3=O)c3ccccc3C2(C)C)=[N+](CC(=O)OCCN2C(=O)c3cccc4cccc(c34)C2=O)c2ccccc21. The van der Waals surface area contributed by atoms with Crippen LogP contribution in [0.1, 0.15) is 86.7 Å². The Labute approximate surface area is 405 Å². The quantitative estimate of drug-likeness (QED) is 0.0345. The predicted octanol–water partition coefficient (Wildman–Crippen LogP) is 9.23. The highest BCUT2D eigenvalue weighted by Gasteiger charge is 2.45. The maximum Gasteiger partial charge on any atom is 0.372 e. The van der Waals surface area contributed by atoms with Crippen molar-refractivity contribution in [1.29, 1.82) is 0 Å². The molecule has 0 saturated heterocycles. The monoisotopic (exact) mass is 931 g/mol. The summed E-state index contributed by atoms with van der Waals surface area (Å²) in [6.07, 6.45) is 10.0. The first-order chi connectivity index (χ1) is 33.8. The molecule has 0 aromatic heterocycles. The molecule has 6 aromatic carbocycles. The number of carbonyl (C=O) groups is 6. The van der Waals surface area contributed by atoms with Crippen LogP contribution in [0.3, 0.4) is 0 Å². The van der Waals surface area contributed by atoms with Crippen LogP contribution in [0.25, 0.3) is 21.5 Å². The number of anilines is 1. The maximum atomic E-state index is 13.6. The van der Waals surface area contributed by atoms with Crippen LogP contribution in [-0.4, -0.2) is 95.0 Å². The minimum atomic E-state index is -0.504. The molecule has 0 unspecified atom stereocenters. The van der Waals surface area contributed by atoms with Gasteiger partial charge in [-0.3, -0.25) is 33.8 Å². The molecule has 4 aliphatic heterocycles. The second-order valence-electron chi connectivity index (χ2n) is 18.9. The maximum absolute atomic E-state index is 13.6. The normalized spacial score (nSPS) is 17.2. The van der Waals surface area contributed by atoms with Crippen molar-refractivity contribution in [2.45, 2.75) is 44.9 Å². The molecule has 6 aromatic rings. The molecule has 0 aliphatic carbocycles. The van der Waals surface area contributed by atoms with Gasteiger partial charge in [0.2, 0.25) is 12.2 Å². The van der Waals surface area contributed by atoms with Crippen LogP contribution in [0.5, 0.6) is 0 Å². The van der Waals surface area contributed by atoms with Crippen LogP contribution in [0, 0.1) is 0 Å². The molecular formula is C58H51N4O8+. The second-order valence-corrected chi connectivity index (χ2v) is 18.9. The van der Waals surface area contributed by atoms with Gasteiger partial charge in [0.1, 0.15) is 13.2 Å². The van der Waals surface area contributed by atoms with Crippen molar-refractivity contribution < 1.29 is 42.8 Å². The Hall–Kier alpha value is -8.25. The van der Waals surface area contributed by atoms with Gasteiger partial charge >= 0.3 is 11.9 Å². The summed E-state index contributed by atoms with van der Waals surface area (Å²) in [6, 6.07) is 37.5. The zero-order valence-corrected chi connectivity index (χ0v) is 39.4. The van der Waals surface area contributed by atoms with Gasteiger partial charge in [-0.15, -0.1) is 0 Å². The molecule has 0 atom stereocenters. The van der Waals surface area contributed by atoms with Crippen LogP contribution in [0.15, 0.2) is 157 Å². The smallest absolute Gasteiger partial charge is 0.372 e. The van der Waals surface area contributed by atoms with Crippen molar-refractivity contribution in [3.05, 3.63) is 191 Å². The van der Waals surface area contributed by atoms with Gasteiger partial charge in [0.15, 0.2) is 5.71 Å². The third-order valence-corrected chi connectivity index (χ3v) is 14.0. The number of hydrogen-bond acceptors (Lipinski definition) is 9. The molecule has 4 amide bonds. The number of esters is 2. The predicted molar refractivity (Wildman–Crippen MR) is 268 cm³/mol. The van der Waals surface area contributed by atoms with Gasteiger partial charge in [-0.25, -0.2) is 4.79 Å². The first-order valence-electron chi connectivity index (χ1n) is 23.5. The van der Waals surface area contributed by atoms with E-state index in [4.69, 9.17) is 9.47 Å². The lowest BCUT2D eigenvalue weighted by Gasteiger charge is -2.27. The standard InChI is InChI=1S/C58H51N4O8/c1-57(2)43-25-8-10-27-45(43)61(35-49(63)69-33-16-31-59-53(65)39-21-12-17-37-18-13-22-40(51(37)39)54(59)66)47(57)29-6-5-7-30-48-58(3,4)44-26-9-11-28-46(44)62(48)36-50(64)70-34-32-60-55(67)41-23-14-19-38-20-15-24-42(52(38)41)56(60)68/h5-15,17-30H,16,31-36H2,1-4H3/q+1. The van der Waals surface area contributed by atoms with Crippen LogP contribution in [-0.2, 0) is 29.9 Å². The lowest BCUT2D eigenvalue weighted by Crippen LogP contribution is -2.42. The summed E-state index contributed by atoms with van der Waals surface area (Å²) < 4.78 is 13.4. The number of amides is 4. The minimum Gasteiger partial charge on any atom is -0.464 e. The highest BCUT2D eigenvalue weighted by atomic mass is 16.5. The van der Waals surface area contributed by atoms with E-state index in [0.29, 0.717) is 33.0 Å². The van der Waals surface area contributed by atoms with Gasteiger partial charge in [-0.05, 0) is 73.0 Å². The number of ether oxygens (including phenoxy) is 2. The van der Waals surface area contributed by atoms with Crippen LogP contribution in [0.2, 0.25) is 0 Å². The molecule has 4 aliphatic rings. The molecule has 4 heterocycles. The Bertz CT molecular complexity index is 3260. The summed E-state index contributed by atoms with van der Waals surface area (Å²) in [4.78, 5) is 85.0. The van der Waals surface area contributed by atoms with E-state index in [1.807, 2.05) is 113 Å². The topological polar surface area (TPSA) is 134 Å². The molecule has 0 N–H and O–H groups in total. The Morgan fingerprint density at radius 3 is 1.67 bits per heavy atom. The highest BCUT2D eigenvalue weighted by molar-refractivity contribution is 6.26. The van der Waals surface area contributed by atoms with E-state index >= 15 is 0 Å². The van der Waals surface area contributed by atoms with E-state index in [1.165, 1.54) is 4.90 Å². The fraction of sp³-hybridized carbons (Fsp3) is 0.224. The van der Waals surface area contributed by atoms with E-state index in [1.54, 1.807) is 36.4 Å². The number of allylic oxidation sites excluding steroid dienone is 6. The fourth-order valence-corrected chi connectivity index (χ4v) is 10.6. The number of rotatable bonds is 14. The number of benzene rings is 6. The van der Waals surface area contributed by atoms with Crippen molar-refractivity contribution in [2.75, 3.05) is 44.3 Å². The number of imide groups is 2. The Morgan fingerprint density at radius 2 is 1.07 bits per heavy atom. The summed E-state index contributed by atoms with van der Waals surface area (Å²) in [6.45, 7) is 8.23. The number of hydrogen-bond donors (Lipinski definition) is 0. The molecular weight excluding hydrogens is 881 g/mol. The zero-order valence-electron chi connectivity index (χ0n) is 39.4. The fourth-order valence-electron chi connectivity index (χ4n) is 10.6. The molecule has 12 nitrogen and oxygen atoms in total.